The average Bonchev–Trinajstić information content (AvgIpc) is 2.74. The van der Waals surface area contributed by atoms with Gasteiger partial charge in [0.25, 0.3) is 0 Å². The standard InChI is InChI=1S/C24H48O6/c1-5-8-11-23-19-26-12-15-28-21(4)18-25-14-17-30-24(20-27-13-16-29-23)22(9-6-2)10-7-3/h21-24H,5-20H2,1-4H3. The lowest BCUT2D eigenvalue weighted by Crippen LogP contribution is -2.32. The average molecular weight is 433 g/mol. The van der Waals surface area contributed by atoms with E-state index in [4.69, 9.17) is 28.4 Å². The summed E-state index contributed by atoms with van der Waals surface area (Å²) in [6, 6.07) is 0. The highest BCUT2D eigenvalue weighted by Crippen LogP contribution is 2.21. The number of hydrogen-bond acceptors (Lipinski definition) is 6. The van der Waals surface area contributed by atoms with E-state index in [2.05, 4.69) is 20.8 Å². The second-order valence-corrected chi connectivity index (χ2v) is 8.29. The normalized spacial score (nSPS) is 26.9. The quantitative estimate of drug-likeness (QED) is 0.557. The molecule has 1 saturated heterocycles. The Morgan fingerprint density at radius 1 is 0.667 bits per heavy atom. The van der Waals surface area contributed by atoms with Gasteiger partial charge >= 0.3 is 0 Å². The molecule has 1 rings (SSSR count). The number of ether oxygens (including phenoxy) is 6. The lowest BCUT2D eigenvalue weighted by atomic mass is 9.92. The van der Waals surface area contributed by atoms with Crippen LogP contribution in [-0.4, -0.2) is 77.8 Å². The van der Waals surface area contributed by atoms with E-state index in [1.165, 1.54) is 12.8 Å². The van der Waals surface area contributed by atoms with E-state index in [1.54, 1.807) is 0 Å². The van der Waals surface area contributed by atoms with Gasteiger partial charge in [0.15, 0.2) is 0 Å². The van der Waals surface area contributed by atoms with Gasteiger partial charge in [-0.3, -0.25) is 0 Å². The first-order valence-corrected chi connectivity index (χ1v) is 12.3. The molecule has 180 valence electrons. The summed E-state index contributed by atoms with van der Waals surface area (Å²) in [5.74, 6) is 0.527. The molecular weight excluding hydrogens is 384 g/mol. The molecule has 0 spiro atoms. The summed E-state index contributed by atoms with van der Waals surface area (Å²) in [6.07, 6.45) is 8.26. The molecule has 6 heteroatoms. The van der Waals surface area contributed by atoms with Crippen molar-refractivity contribution < 1.29 is 28.4 Å². The smallest absolute Gasteiger partial charge is 0.0837 e. The zero-order valence-corrected chi connectivity index (χ0v) is 20.1. The van der Waals surface area contributed by atoms with Crippen LogP contribution in [0.3, 0.4) is 0 Å². The Balaban J connectivity index is 2.59. The summed E-state index contributed by atoms with van der Waals surface area (Å²) in [4.78, 5) is 0. The van der Waals surface area contributed by atoms with Crippen molar-refractivity contribution in [1.29, 1.82) is 0 Å². The van der Waals surface area contributed by atoms with Crippen LogP contribution in [0.5, 0.6) is 0 Å². The van der Waals surface area contributed by atoms with Gasteiger partial charge in [-0.05, 0) is 32.1 Å². The number of hydrogen-bond donors (Lipinski definition) is 0. The van der Waals surface area contributed by atoms with Crippen LogP contribution in [0.15, 0.2) is 0 Å². The third-order valence-electron chi connectivity index (χ3n) is 5.43. The maximum absolute atomic E-state index is 6.21. The van der Waals surface area contributed by atoms with Gasteiger partial charge in [-0.2, -0.15) is 0 Å². The molecule has 30 heavy (non-hydrogen) atoms. The van der Waals surface area contributed by atoms with Crippen molar-refractivity contribution in [2.24, 2.45) is 5.92 Å². The van der Waals surface area contributed by atoms with Crippen LogP contribution in [0.25, 0.3) is 0 Å². The highest BCUT2D eigenvalue weighted by molar-refractivity contribution is 4.70. The Bertz CT molecular complexity index is 362. The molecule has 0 N–H and O–H groups in total. The molecule has 1 fully saturated rings. The Hall–Kier alpha value is -0.240. The summed E-state index contributed by atoms with van der Waals surface area (Å²) in [6.45, 7) is 14.0. The number of unbranched alkanes of at least 4 members (excludes halogenated alkanes) is 1. The van der Waals surface area contributed by atoms with Crippen molar-refractivity contribution in [3.8, 4) is 0 Å². The lowest BCUT2D eigenvalue weighted by Gasteiger charge is -2.27. The van der Waals surface area contributed by atoms with E-state index in [0.29, 0.717) is 65.4 Å². The fourth-order valence-electron chi connectivity index (χ4n) is 3.78. The minimum atomic E-state index is 0.0479. The first-order valence-electron chi connectivity index (χ1n) is 12.3. The highest BCUT2D eigenvalue weighted by Gasteiger charge is 2.21. The summed E-state index contributed by atoms with van der Waals surface area (Å²) >= 11 is 0. The SMILES string of the molecule is CCCCC1COCCOC(C)COCCOC(C(CCC)CCC)COCCO1. The summed E-state index contributed by atoms with van der Waals surface area (Å²) in [5.41, 5.74) is 0. The second kappa shape index (κ2) is 19.4. The van der Waals surface area contributed by atoms with E-state index in [1.807, 2.05) is 6.92 Å². The fourth-order valence-corrected chi connectivity index (χ4v) is 3.78. The molecule has 0 radical (unpaired) electrons. The zero-order valence-electron chi connectivity index (χ0n) is 20.1. The van der Waals surface area contributed by atoms with Crippen LogP contribution in [-0.2, 0) is 28.4 Å². The molecule has 6 nitrogen and oxygen atoms in total. The Kier molecular flexibility index (Phi) is 18.0. The second-order valence-electron chi connectivity index (χ2n) is 8.29. The first-order chi connectivity index (χ1) is 14.7. The molecule has 0 aromatic rings. The minimum absolute atomic E-state index is 0.0479. The maximum atomic E-state index is 6.21. The van der Waals surface area contributed by atoms with Crippen LogP contribution in [0.1, 0.15) is 72.6 Å². The molecule has 3 atom stereocenters. The maximum Gasteiger partial charge on any atom is 0.0837 e. The zero-order chi connectivity index (χ0) is 21.9. The van der Waals surface area contributed by atoms with E-state index in [-0.39, 0.29) is 18.3 Å². The van der Waals surface area contributed by atoms with Crippen LogP contribution >= 0.6 is 0 Å². The van der Waals surface area contributed by atoms with Gasteiger partial charge in [0.1, 0.15) is 0 Å². The number of rotatable bonds is 8. The van der Waals surface area contributed by atoms with Crippen LogP contribution in [0, 0.1) is 5.92 Å². The molecule has 1 heterocycles. The van der Waals surface area contributed by atoms with Gasteiger partial charge in [0, 0.05) is 0 Å². The third-order valence-corrected chi connectivity index (χ3v) is 5.43. The molecule has 1 aliphatic heterocycles. The van der Waals surface area contributed by atoms with Crippen molar-refractivity contribution in [3.05, 3.63) is 0 Å². The fraction of sp³-hybridized carbons (Fsp3) is 1.00. The van der Waals surface area contributed by atoms with Crippen molar-refractivity contribution in [3.63, 3.8) is 0 Å². The molecule has 0 aromatic heterocycles. The van der Waals surface area contributed by atoms with Gasteiger partial charge in [-0.25, -0.2) is 0 Å². The van der Waals surface area contributed by atoms with Gasteiger partial charge in [0.05, 0.1) is 77.8 Å². The molecule has 0 bridgehead atoms. The molecule has 0 aliphatic carbocycles. The highest BCUT2D eigenvalue weighted by atomic mass is 16.6. The van der Waals surface area contributed by atoms with E-state index in [0.717, 1.165) is 32.1 Å². The minimum Gasteiger partial charge on any atom is -0.376 e. The van der Waals surface area contributed by atoms with Gasteiger partial charge in [0.2, 0.25) is 0 Å². The van der Waals surface area contributed by atoms with Gasteiger partial charge in [-0.1, -0.05) is 46.5 Å². The Morgan fingerprint density at radius 2 is 1.27 bits per heavy atom. The molecule has 0 saturated carbocycles. The molecule has 0 aromatic carbocycles. The third kappa shape index (κ3) is 13.9. The van der Waals surface area contributed by atoms with Gasteiger partial charge in [-0.15, -0.1) is 0 Å². The predicted molar refractivity (Wildman–Crippen MR) is 120 cm³/mol. The van der Waals surface area contributed by atoms with E-state index in [9.17, 15) is 0 Å². The van der Waals surface area contributed by atoms with E-state index < -0.39 is 0 Å². The van der Waals surface area contributed by atoms with Crippen molar-refractivity contribution in [1.82, 2.24) is 0 Å². The van der Waals surface area contributed by atoms with Crippen molar-refractivity contribution in [2.75, 3.05) is 59.5 Å². The molecule has 0 amide bonds. The Labute approximate surface area is 185 Å². The topological polar surface area (TPSA) is 55.4 Å². The molecule has 1 aliphatic rings. The van der Waals surface area contributed by atoms with Crippen molar-refractivity contribution in [2.45, 2.75) is 91.0 Å². The largest absolute Gasteiger partial charge is 0.376 e. The monoisotopic (exact) mass is 432 g/mol. The van der Waals surface area contributed by atoms with E-state index >= 15 is 0 Å². The van der Waals surface area contributed by atoms with Crippen LogP contribution in [0.4, 0.5) is 0 Å². The first kappa shape index (κ1) is 27.8. The van der Waals surface area contributed by atoms with Gasteiger partial charge < -0.3 is 28.4 Å². The molecular formula is C24H48O6. The lowest BCUT2D eigenvalue weighted by molar-refractivity contribution is -0.0975. The molecule has 3 unspecified atom stereocenters. The summed E-state index contributed by atoms with van der Waals surface area (Å²) in [5, 5.41) is 0. The van der Waals surface area contributed by atoms with Crippen LogP contribution in [0.2, 0.25) is 0 Å². The summed E-state index contributed by atoms with van der Waals surface area (Å²) in [7, 11) is 0. The Morgan fingerprint density at radius 3 is 1.93 bits per heavy atom. The predicted octanol–water partition coefficient (Wildman–Crippen LogP) is 4.63. The summed E-state index contributed by atoms with van der Waals surface area (Å²) < 4.78 is 35.6. The van der Waals surface area contributed by atoms with Crippen LogP contribution < -0.4 is 0 Å². The van der Waals surface area contributed by atoms with Crippen molar-refractivity contribution >= 4 is 0 Å².